The number of anilines is 1. The van der Waals surface area contributed by atoms with Gasteiger partial charge in [-0.05, 0) is 41.8 Å². The van der Waals surface area contributed by atoms with Crippen molar-refractivity contribution in [2.75, 3.05) is 18.2 Å². The molecule has 0 aliphatic heterocycles. The van der Waals surface area contributed by atoms with Crippen LogP contribution in [-0.2, 0) is 11.4 Å². The SMILES string of the molecule is COc1ccc(Cl)cc1NC(=O)CSc1n[nH]c(COc2ccc(C(C)C)cc2)n1. The molecule has 1 amide bonds. The second kappa shape index (κ2) is 10.4. The number of hydrogen-bond acceptors (Lipinski definition) is 6. The number of amides is 1. The first-order valence-electron chi connectivity index (χ1n) is 9.35. The predicted octanol–water partition coefficient (Wildman–Crippen LogP) is 4.90. The van der Waals surface area contributed by atoms with E-state index in [4.69, 9.17) is 21.1 Å². The van der Waals surface area contributed by atoms with Gasteiger partial charge in [-0.1, -0.05) is 49.3 Å². The molecule has 2 aromatic carbocycles. The Morgan fingerprint density at radius 2 is 2.00 bits per heavy atom. The number of aromatic amines is 1. The van der Waals surface area contributed by atoms with E-state index in [0.717, 1.165) is 5.75 Å². The zero-order valence-electron chi connectivity index (χ0n) is 16.9. The third-order valence-corrected chi connectivity index (χ3v) is 5.28. The molecule has 3 rings (SSSR count). The number of aromatic nitrogens is 3. The average Bonchev–Trinajstić information content (AvgIpc) is 3.19. The molecular formula is C21H23ClN4O3S. The summed E-state index contributed by atoms with van der Waals surface area (Å²) in [6.07, 6.45) is 0. The van der Waals surface area contributed by atoms with Crippen LogP contribution >= 0.6 is 23.4 Å². The Kier molecular flexibility index (Phi) is 7.59. The van der Waals surface area contributed by atoms with Crippen molar-refractivity contribution in [2.45, 2.75) is 31.5 Å². The van der Waals surface area contributed by atoms with Crippen molar-refractivity contribution < 1.29 is 14.3 Å². The Balaban J connectivity index is 1.48. The van der Waals surface area contributed by atoms with E-state index in [2.05, 4.69) is 46.5 Å². The van der Waals surface area contributed by atoms with Crippen molar-refractivity contribution >= 4 is 35.0 Å². The van der Waals surface area contributed by atoms with Gasteiger partial charge < -0.3 is 14.8 Å². The van der Waals surface area contributed by atoms with Crippen LogP contribution in [0.4, 0.5) is 5.69 Å². The predicted molar refractivity (Wildman–Crippen MR) is 119 cm³/mol. The number of methoxy groups -OCH3 is 1. The largest absolute Gasteiger partial charge is 0.495 e. The van der Waals surface area contributed by atoms with Crippen molar-refractivity contribution in [2.24, 2.45) is 0 Å². The maximum absolute atomic E-state index is 12.2. The molecule has 0 saturated heterocycles. The van der Waals surface area contributed by atoms with E-state index < -0.39 is 0 Å². The molecule has 0 aliphatic carbocycles. The van der Waals surface area contributed by atoms with E-state index in [9.17, 15) is 4.79 Å². The Hall–Kier alpha value is -2.71. The van der Waals surface area contributed by atoms with E-state index in [1.54, 1.807) is 18.2 Å². The fourth-order valence-corrected chi connectivity index (χ4v) is 3.39. The molecule has 1 heterocycles. The highest BCUT2D eigenvalue weighted by molar-refractivity contribution is 7.99. The van der Waals surface area contributed by atoms with Crippen molar-refractivity contribution in [1.29, 1.82) is 0 Å². The van der Waals surface area contributed by atoms with Crippen molar-refractivity contribution in [3.8, 4) is 11.5 Å². The van der Waals surface area contributed by atoms with Gasteiger partial charge in [-0.2, -0.15) is 0 Å². The smallest absolute Gasteiger partial charge is 0.234 e. The van der Waals surface area contributed by atoms with Crippen LogP contribution in [0.25, 0.3) is 0 Å². The lowest BCUT2D eigenvalue weighted by atomic mass is 10.0. The van der Waals surface area contributed by atoms with Gasteiger partial charge >= 0.3 is 0 Å². The fraction of sp³-hybridized carbons (Fsp3) is 0.286. The second-order valence-electron chi connectivity index (χ2n) is 6.76. The van der Waals surface area contributed by atoms with Crippen LogP contribution in [0, 0.1) is 0 Å². The maximum atomic E-state index is 12.2. The standard InChI is InChI=1S/C21H23ClN4O3S/c1-13(2)14-4-7-16(8-5-14)29-11-19-24-21(26-25-19)30-12-20(27)23-17-10-15(22)6-9-18(17)28-3/h4-10,13H,11-12H2,1-3H3,(H,23,27)(H,24,25,26). The molecule has 1 aromatic heterocycles. The van der Waals surface area contributed by atoms with Crippen molar-refractivity contribution in [3.63, 3.8) is 0 Å². The lowest BCUT2D eigenvalue weighted by Crippen LogP contribution is -2.14. The zero-order chi connectivity index (χ0) is 21.5. The van der Waals surface area contributed by atoms with E-state index in [1.807, 2.05) is 12.1 Å². The Bertz CT molecular complexity index is 992. The lowest BCUT2D eigenvalue weighted by molar-refractivity contribution is -0.113. The van der Waals surface area contributed by atoms with Crippen molar-refractivity contribution in [3.05, 3.63) is 58.9 Å². The van der Waals surface area contributed by atoms with Crippen LogP contribution in [0.3, 0.4) is 0 Å². The topological polar surface area (TPSA) is 89.1 Å². The van der Waals surface area contributed by atoms with E-state index in [-0.39, 0.29) is 18.3 Å². The molecule has 0 spiro atoms. The molecular weight excluding hydrogens is 424 g/mol. The zero-order valence-corrected chi connectivity index (χ0v) is 18.5. The molecule has 158 valence electrons. The number of carbonyl (C=O) groups is 1. The molecule has 2 N–H and O–H groups in total. The number of nitrogens with zero attached hydrogens (tertiary/aromatic N) is 2. The van der Waals surface area contributed by atoms with Gasteiger partial charge in [0, 0.05) is 5.02 Å². The van der Waals surface area contributed by atoms with Crippen LogP contribution in [0.15, 0.2) is 47.6 Å². The van der Waals surface area contributed by atoms with Gasteiger partial charge in [-0.3, -0.25) is 9.89 Å². The number of carbonyl (C=O) groups excluding carboxylic acids is 1. The molecule has 0 atom stereocenters. The lowest BCUT2D eigenvalue weighted by Gasteiger charge is -2.09. The van der Waals surface area contributed by atoms with Gasteiger partial charge in [0.1, 0.15) is 18.1 Å². The molecule has 3 aromatic rings. The van der Waals surface area contributed by atoms with E-state index >= 15 is 0 Å². The van der Waals surface area contributed by atoms with Gasteiger partial charge in [0.15, 0.2) is 5.82 Å². The first-order chi connectivity index (χ1) is 14.4. The van der Waals surface area contributed by atoms with Crippen LogP contribution in [0.1, 0.15) is 31.2 Å². The molecule has 0 bridgehead atoms. The summed E-state index contributed by atoms with van der Waals surface area (Å²) >= 11 is 7.20. The number of ether oxygens (including phenoxy) is 2. The third-order valence-electron chi connectivity index (χ3n) is 4.20. The summed E-state index contributed by atoms with van der Waals surface area (Å²) in [7, 11) is 1.53. The number of nitrogens with one attached hydrogen (secondary N) is 2. The van der Waals surface area contributed by atoms with Crippen LogP contribution in [-0.4, -0.2) is 34.0 Å². The minimum Gasteiger partial charge on any atom is -0.495 e. The van der Waals surface area contributed by atoms with Gasteiger partial charge in [0.25, 0.3) is 0 Å². The third kappa shape index (κ3) is 6.14. The van der Waals surface area contributed by atoms with Crippen LogP contribution in [0.5, 0.6) is 11.5 Å². The van der Waals surface area contributed by atoms with Crippen LogP contribution in [0.2, 0.25) is 5.02 Å². The Morgan fingerprint density at radius 3 is 2.70 bits per heavy atom. The number of hydrogen-bond donors (Lipinski definition) is 2. The van der Waals surface area contributed by atoms with Gasteiger partial charge in [-0.15, -0.1) is 5.10 Å². The summed E-state index contributed by atoms with van der Waals surface area (Å²) in [5.74, 6) is 2.29. The molecule has 0 unspecified atom stereocenters. The Morgan fingerprint density at radius 1 is 1.23 bits per heavy atom. The summed E-state index contributed by atoms with van der Waals surface area (Å²) in [6.45, 7) is 4.56. The molecule has 0 radical (unpaired) electrons. The maximum Gasteiger partial charge on any atom is 0.234 e. The number of thioether (sulfide) groups is 1. The molecule has 0 fully saturated rings. The van der Waals surface area contributed by atoms with Crippen LogP contribution < -0.4 is 14.8 Å². The number of rotatable bonds is 9. The normalized spacial score (nSPS) is 10.8. The number of halogens is 1. The number of H-pyrrole nitrogens is 1. The first kappa shape index (κ1) is 22.0. The van der Waals surface area contributed by atoms with E-state index in [0.29, 0.717) is 33.4 Å². The fourth-order valence-electron chi connectivity index (χ4n) is 2.60. The molecule has 0 aliphatic rings. The van der Waals surface area contributed by atoms with Gasteiger partial charge in [-0.25, -0.2) is 4.98 Å². The minimum atomic E-state index is -0.214. The highest BCUT2D eigenvalue weighted by Crippen LogP contribution is 2.28. The summed E-state index contributed by atoms with van der Waals surface area (Å²) in [6, 6.07) is 13.0. The molecule has 30 heavy (non-hydrogen) atoms. The van der Waals surface area contributed by atoms with Gasteiger partial charge in [0.2, 0.25) is 11.1 Å². The number of benzene rings is 2. The Labute approximate surface area is 184 Å². The quantitative estimate of drug-likeness (QED) is 0.454. The molecule has 7 nitrogen and oxygen atoms in total. The molecule has 0 saturated carbocycles. The summed E-state index contributed by atoms with van der Waals surface area (Å²) in [5.41, 5.74) is 1.78. The summed E-state index contributed by atoms with van der Waals surface area (Å²) in [5, 5.41) is 10.7. The van der Waals surface area contributed by atoms with Gasteiger partial charge in [0.05, 0.1) is 18.6 Å². The second-order valence-corrected chi connectivity index (χ2v) is 8.14. The minimum absolute atomic E-state index is 0.143. The monoisotopic (exact) mass is 446 g/mol. The van der Waals surface area contributed by atoms with E-state index in [1.165, 1.54) is 24.4 Å². The first-order valence-corrected chi connectivity index (χ1v) is 10.7. The van der Waals surface area contributed by atoms with Crippen molar-refractivity contribution in [1.82, 2.24) is 15.2 Å². The summed E-state index contributed by atoms with van der Waals surface area (Å²) in [4.78, 5) is 16.6. The molecule has 9 heteroatoms. The summed E-state index contributed by atoms with van der Waals surface area (Å²) < 4.78 is 11.0. The highest BCUT2D eigenvalue weighted by Gasteiger charge is 2.11. The highest BCUT2D eigenvalue weighted by atomic mass is 35.5. The average molecular weight is 447 g/mol.